The van der Waals surface area contributed by atoms with Crippen LogP contribution in [0.2, 0.25) is 0 Å². The van der Waals surface area contributed by atoms with Crippen molar-refractivity contribution in [2.75, 3.05) is 25.5 Å². The van der Waals surface area contributed by atoms with E-state index in [1.165, 1.54) is 45.1 Å². The Kier molecular flexibility index (Phi) is 7.59. The Labute approximate surface area is 118 Å². The number of ether oxygens (including phenoxy) is 1. The van der Waals surface area contributed by atoms with Crippen LogP contribution >= 0.6 is 11.6 Å². The molecule has 1 aliphatic heterocycles. The first kappa shape index (κ1) is 16.3. The summed E-state index contributed by atoms with van der Waals surface area (Å²) in [6, 6.07) is 0. The quantitative estimate of drug-likeness (QED) is 0.489. The first-order chi connectivity index (χ1) is 8.57. The maximum atomic E-state index is 5.94. The molecule has 0 saturated carbocycles. The first-order valence-electron chi connectivity index (χ1n) is 7.53. The van der Waals surface area contributed by atoms with E-state index in [-0.39, 0.29) is 11.7 Å². The number of morpholine rings is 1. The van der Waals surface area contributed by atoms with Gasteiger partial charge in [-0.1, -0.05) is 39.0 Å². The molecule has 1 atom stereocenters. The fourth-order valence-electron chi connectivity index (χ4n) is 2.78. The molecule has 108 valence electrons. The fraction of sp³-hybridized carbons (Fsp3) is 1.00. The molecule has 1 rings (SSSR count). The van der Waals surface area contributed by atoms with Crippen LogP contribution in [0.5, 0.6) is 0 Å². The van der Waals surface area contributed by atoms with E-state index in [0.29, 0.717) is 5.88 Å². The van der Waals surface area contributed by atoms with Crippen molar-refractivity contribution in [3.63, 3.8) is 0 Å². The molecule has 0 N–H and O–H groups in total. The van der Waals surface area contributed by atoms with Gasteiger partial charge in [0.25, 0.3) is 0 Å². The Bertz CT molecular complexity index is 221. The van der Waals surface area contributed by atoms with Crippen LogP contribution in [-0.4, -0.2) is 42.1 Å². The number of hydrogen-bond acceptors (Lipinski definition) is 2. The number of unbranched alkanes of at least 4 members (excludes halogenated alkanes) is 5. The van der Waals surface area contributed by atoms with Crippen molar-refractivity contribution in [1.82, 2.24) is 4.90 Å². The largest absolute Gasteiger partial charge is 0.368 e. The predicted octanol–water partition coefficient (Wildman–Crippen LogP) is 4.07. The molecule has 0 aromatic carbocycles. The van der Waals surface area contributed by atoms with Crippen molar-refractivity contribution < 1.29 is 4.74 Å². The van der Waals surface area contributed by atoms with E-state index in [2.05, 4.69) is 25.7 Å². The van der Waals surface area contributed by atoms with Gasteiger partial charge in [0.05, 0.1) is 11.7 Å². The molecule has 0 spiro atoms. The molecule has 1 fully saturated rings. The Hall–Kier alpha value is 0.210. The normalized spacial score (nSPS) is 24.3. The van der Waals surface area contributed by atoms with Gasteiger partial charge in [0, 0.05) is 19.0 Å². The van der Waals surface area contributed by atoms with Gasteiger partial charge in [-0.3, -0.25) is 4.90 Å². The zero-order chi connectivity index (χ0) is 13.4. The Morgan fingerprint density at radius 2 is 1.83 bits per heavy atom. The second-order valence-electron chi connectivity index (χ2n) is 6.16. The molecule has 0 aromatic heterocycles. The highest BCUT2D eigenvalue weighted by Gasteiger charge is 2.32. The summed E-state index contributed by atoms with van der Waals surface area (Å²) in [7, 11) is 0. The molecule has 1 heterocycles. The van der Waals surface area contributed by atoms with Gasteiger partial charge in [-0.25, -0.2) is 0 Å². The summed E-state index contributed by atoms with van der Waals surface area (Å²) in [4.78, 5) is 2.52. The lowest BCUT2D eigenvalue weighted by atomic mass is 10.0. The maximum Gasteiger partial charge on any atom is 0.0844 e. The average Bonchev–Trinajstić information content (AvgIpc) is 2.31. The lowest BCUT2D eigenvalue weighted by Gasteiger charge is -2.42. The molecule has 18 heavy (non-hydrogen) atoms. The van der Waals surface area contributed by atoms with E-state index in [4.69, 9.17) is 16.3 Å². The highest BCUT2D eigenvalue weighted by molar-refractivity contribution is 6.18. The Morgan fingerprint density at radius 1 is 1.17 bits per heavy atom. The summed E-state index contributed by atoms with van der Waals surface area (Å²) < 4.78 is 5.94. The molecule has 2 nitrogen and oxygen atoms in total. The smallest absolute Gasteiger partial charge is 0.0844 e. The van der Waals surface area contributed by atoms with Gasteiger partial charge in [0.1, 0.15) is 0 Å². The zero-order valence-electron chi connectivity index (χ0n) is 12.4. The minimum atomic E-state index is -0.0416. The monoisotopic (exact) mass is 275 g/mol. The van der Waals surface area contributed by atoms with Crippen LogP contribution in [0.15, 0.2) is 0 Å². The zero-order valence-corrected chi connectivity index (χ0v) is 13.1. The van der Waals surface area contributed by atoms with Gasteiger partial charge >= 0.3 is 0 Å². The van der Waals surface area contributed by atoms with Crippen LogP contribution < -0.4 is 0 Å². The summed E-state index contributed by atoms with van der Waals surface area (Å²) in [5, 5.41) is 0. The van der Waals surface area contributed by atoms with Gasteiger partial charge in [-0.15, -0.1) is 11.6 Å². The van der Waals surface area contributed by atoms with E-state index in [0.717, 1.165) is 13.1 Å². The molecule has 1 aliphatic rings. The first-order valence-corrected chi connectivity index (χ1v) is 8.07. The number of alkyl halides is 1. The third kappa shape index (κ3) is 6.40. The molecule has 1 saturated heterocycles. The summed E-state index contributed by atoms with van der Waals surface area (Å²) in [5.74, 6) is 0.608. The van der Waals surface area contributed by atoms with Gasteiger partial charge < -0.3 is 4.74 Å². The second kappa shape index (κ2) is 8.39. The van der Waals surface area contributed by atoms with E-state index in [9.17, 15) is 0 Å². The van der Waals surface area contributed by atoms with Crippen molar-refractivity contribution in [3.05, 3.63) is 0 Å². The molecule has 0 amide bonds. The molecular weight excluding hydrogens is 246 g/mol. The molecule has 3 heteroatoms. The van der Waals surface area contributed by atoms with Gasteiger partial charge in [0.2, 0.25) is 0 Å². The Balaban J connectivity index is 2.16. The molecule has 0 aliphatic carbocycles. The number of hydrogen-bond donors (Lipinski definition) is 0. The second-order valence-corrected chi connectivity index (χ2v) is 6.47. The molecule has 0 radical (unpaired) electrons. The highest BCUT2D eigenvalue weighted by Crippen LogP contribution is 2.22. The summed E-state index contributed by atoms with van der Waals surface area (Å²) in [6.45, 7) is 9.84. The van der Waals surface area contributed by atoms with Crippen LogP contribution in [0.1, 0.15) is 59.3 Å². The van der Waals surface area contributed by atoms with Crippen molar-refractivity contribution in [3.8, 4) is 0 Å². The number of rotatable bonds is 8. The van der Waals surface area contributed by atoms with Crippen molar-refractivity contribution >= 4 is 11.6 Å². The third-order valence-electron chi connectivity index (χ3n) is 3.55. The van der Waals surface area contributed by atoms with Gasteiger partial charge in [-0.2, -0.15) is 0 Å². The van der Waals surface area contributed by atoms with E-state index in [1.807, 2.05) is 0 Å². The molecule has 0 aromatic rings. The van der Waals surface area contributed by atoms with Crippen molar-refractivity contribution in [2.45, 2.75) is 71.0 Å². The standard InChI is InChI=1S/C15H30ClNO/c1-4-5-6-7-8-9-10-17-12-14(11-16)18-15(2,3)13-17/h14H,4-13H2,1-3H3. The maximum absolute atomic E-state index is 5.94. The summed E-state index contributed by atoms with van der Waals surface area (Å²) >= 11 is 5.94. The SMILES string of the molecule is CCCCCCCCN1CC(CCl)OC(C)(C)C1. The van der Waals surface area contributed by atoms with Crippen LogP contribution in [0.3, 0.4) is 0 Å². The van der Waals surface area contributed by atoms with Crippen molar-refractivity contribution in [2.24, 2.45) is 0 Å². The minimum Gasteiger partial charge on any atom is -0.368 e. The number of halogens is 1. The lowest BCUT2D eigenvalue weighted by molar-refractivity contribution is -0.127. The average molecular weight is 276 g/mol. The number of nitrogens with zero attached hydrogens (tertiary/aromatic N) is 1. The Morgan fingerprint density at radius 3 is 2.50 bits per heavy atom. The lowest BCUT2D eigenvalue weighted by Crippen LogP contribution is -2.53. The van der Waals surface area contributed by atoms with E-state index < -0.39 is 0 Å². The molecule has 1 unspecified atom stereocenters. The van der Waals surface area contributed by atoms with Crippen LogP contribution in [0.4, 0.5) is 0 Å². The minimum absolute atomic E-state index is 0.0416. The van der Waals surface area contributed by atoms with Crippen LogP contribution in [-0.2, 0) is 4.74 Å². The van der Waals surface area contributed by atoms with Crippen LogP contribution in [0, 0.1) is 0 Å². The topological polar surface area (TPSA) is 12.5 Å². The third-order valence-corrected chi connectivity index (χ3v) is 3.90. The van der Waals surface area contributed by atoms with Crippen LogP contribution in [0.25, 0.3) is 0 Å². The van der Waals surface area contributed by atoms with E-state index in [1.54, 1.807) is 0 Å². The summed E-state index contributed by atoms with van der Waals surface area (Å²) in [5.41, 5.74) is -0.0416. The molecular formula is C15H30ClNO. The van der Waals surface area contributed by atoms with Crippen molar-refractivity contribution in [1.29, 1.82) is 0 Å². The van der Waals surface area contributed by atoms with E-state index >= 15 is 0 Å². The van der Waals surface area contributed by atoms with Gasteiger partial charge in [0.15, 0.2) is 0 Å². The summed E-state index contributed by atoms with van der Waals surface area (Å²) in [6.07, 6.45) is 8.39. The fourth-order valence-corrected chi connectivity index (χ4v) is 2.94. The molecule has 0 bridgehead atoms. The highest BCUT2D eigenvalue weighted by atomic mass is 35.5. The predicted molar refractivity (Wildman–Crippen MR) is 79.5 cm³/mol. The van der Waals surface area contributed by atoms with Gasteiger partial charge in [-0.05, 0) is 26.8 Å².